The molecule has 0 unspecified atom stereocenters. The van der Waals surface area contributed by atoms with Crippen LogP contribution in [0, 0.1) is 5.92 Å². The van der Waals surface area contributed by atoms with E-state index in [1.807, 2.05) is 24.3 Å². The molecule has 0 saturated carbocycles. The number of anilines is 1. The fourth-order valence-corrected chi connectivity index (χ4v) is 3.06. The summed E-state index contributed by atoms with van der Waals surface area (Å²) < 4.78 is 11.2. The first-order valence-electron chi connectivity index (χ1n) is 9.53. The Kier molecular flexibility index (Phi) is 7.03. The Bertz CT molecular complexity index is 780. The number of hydrogen-bond acceptors (Lipinski definition) is 4. The van der Waals surface area contributed by atoms with E-state index in [1.54, 1.807) is 24.3 Å². The monoisotopic (exact) mass is 383 g/mol. The number of aromatic carboxylic acids is 1. The number of carbonyl (C=O) groups is 2. The van der Waals surface area contributed by atoms with Crippen molar-refractivity contribution in [2.75, 3.05) is 25.1 Å². The summed E-state index contributed by atoms with van der Waals surface area (Å²) in [6.45, 7) is 2.31. The maximum atomic E-state index is 12.1. The molecule has 1 aliphatic rings. The molecule has 0 aliphatic carbocycles. The molecule has 3 rings (SSSR count). The molecule has 2 aromatic rings. The van der Waals surface area contributed by atoms with Crippen LogP contribution >= 0.6 is 0 Å². The Balaban J connectivity index is 1.41. The number of aryl methyl sites for hydroxylation is 1. The highest BCUT2D eigenvalue weighted by Crippen LogP contribution is 2.20. The van der Waals surface area contributed by atoms with E-state index >= 15 is 0 Å². The molecular formula is C22H25NO5. The molecule has 0 radical (unpaired) electrons. The van der Waals surface area contributed by atoms with Gasteiger partial charge in [-0.2, -0.15) is 0 Å². The van der Waals surface area contributed by atoms with Crippen LogP contribution in [-0.2, 0) is 16.0 Å². The first-order valence-corrected chi connectivity index (χ1v) is 9.53. The van der Waals surface area contributed by atoms with Gasteiger partial charge in [0.2, 0.25) is 5.91 Å². The molecule has 2 aromatic carbocycles. The molecule has 0 atom stereocenters. The minimum atomic E-state index is -0.954. The Labute approximate surface area is 164 Å². The smallest absolute Gasteiger partial charge is 0.335 e. The van der Waals surface area contributed by atoms with Crippen LogP contribution < -0.4 is 10.1 Å². The summed E-state index contributed by atoms with van der Waals surface area (Å²) >= 11 is 0. The summed E-state index contributed by atoms with van der Waals surface area (Å²) in [4.78, 5) is 23.0. The highest BCUT2D eigenvalue weighted by molar-refractivity contribution is 5.91. The van der Waals surface area contributed by atoms with E-state index in [1.165, 1.54) is 0 Å². The normalized spacial score (nSPS) is 14.4. The van der Waals surface area contributed by atoms with Gasteiger partial charge in [0.1, 0.15) is 5.75 Å². The molecule has 0 bridgehead atoms. The highest BCUT2D eigenvalue weighted by Gasteiger charge is 2.14. The van der Waals surface area contributed by atoms with Crippen molar-refractivity contribution in [1.29, 1.82) is 0 Å². The van der Waals surface area contributed by atoms with Crippen molar-refractivity contribution in [2.24, 2.45) is 5.92 Å². The van der Waals surface area contributed by atoms with Gasteiger partial charge in [0.05, 0.1) is 12.2 Å². The maximum Gasteiger partial charge on any atom is 0.335 e. The summed E-state index contributed by atoms with van der Waals surface area (Å²) in [6.07, 6.45) is 2.95. The summed E-state index contributed by atoms with van der Waals surface area (Å²) in [6, 6.07) is 14.0. The second-order valence-electron chi connectivity index (χ2n) is 6.94. The van der Waals surface area contributed by atoms with Gasteiger partial charge in [0.15, 0.2) is 0 Å². The summed E-state index contributed by atoms with van der Waals surface area (Å²) in [7, 11) is 0. The van der Waals surface area contributed by atoms with Gasteiger partial charge in [-0.05, 0) is 67.1 Å². The Morgan fingerprint density at radius 2 is 1.71 bits per heavy atom. The lowest BCUT2D eigenvalue weighted by atomic mass is 10.0. The number of nitrogens with one attached hydrogen (secondary N) is 1. The zero-order valence-electron chi connectivity index (χ0n) is 15.7. The van der Waals surface area contributed by atoms with E-state index in [4.69, 9.17) is 14.6 Å². The van der Waals surface area contributed by atoms with Crippen molar-refractivity contribution in [3.8, 4) is 5.75 Å². The molecule has 1 aliphatic heterocycles. The van der Waals surface area contributed by atoms with Crippen LogP contribution in [0.25, 0.3) is 0 Å². The second-order valence-corrected chi connectivity index (χ2v) is 6.94. The van der Waals surface area contributed by atoms with E-state index in [9.17, 15) is 9.59 Å². The Hall–Kier alpha value is -2.86. The summed E-state index contributed by atoms with van der Waals surface area (Å²) in [5.74, 6) is 0.295. The number of ether oxygens (including phenoxy) is 2. The van der Waals surface area contributed by atoms with E-state index in [2.05, 4.69) is 5.32 Å². The number of rotatable bonds is 8. The largest absolute Gasteiger partial charge is 0.493 e. The van der Waals surface area contributed by atoms with E-state index in [0.717, 1.165) is 43.1 Å². The molecule has 148 valence electrons. The molecule has 2 N–H and O–H groups in total. The van der Waals surface area contributed by atoms with Crippen LogP contribution in [0.4, 0.5) is 5.69 Å². The molecule has 0 aromatic heterocycles. The number of hydrogen-bond donors (Lipinski definition) is 2. The molecule has 1 saturated heterocycles. The van der Waals surface area contributed by atoms with Gasteiger partial charge in [0, 0.05) is 25.3 Å². The summed E-state index contributed by atoms with van der Waals surface area (Å²) in [5, 5.41) is 11.8. The zero-order chi connectivity index (χ0) is 19.8. The quantitative estimate of drug-likeness (QED) is 0.725. The van der Waals surface area contributed by atoms with E-state index < -0.39 is 5.97 Å². The van der Waals surface area contributed by atoms with Gasteiger partial charge in [-0.15, -0.1) is 0 Å². The van der Waals surface area contributed by atoms with Crippen LogP contribution in [-0.4, -0.2) is 36.8 Å². The molecule has 6 heteroatoms. The van der Waals surface area contributed by atoms with E-state index in [-0.39, 0.29) is 11.5 Å². The fourth-order valence-electron chi connectivity index (χ4n) is 3.06. The van der Waals surface area contributed by atoms with Gasteiger partial charge in [0.25, 0.3) is 0 Å². The Morgan fingerprint density at radius 1 is 1.04 bits per heavy atom. The van der Waals surface area contributed by atoms with Crippen molar-refractivity contribution in [1.82, 2.24) is 0 Å². The molecule has 6 nitrogen and oxygen atoms in total. The van der Waals surface area contributed by atoms with Gasteiger partial charge in [-0.3, -0.25) is 4.79 Å². The van der Waals surface area contributed by atoms with Gasteiger partial charge < -0.3 is 19.9 Å². The predicted octanol–water partition coefficient (Wildman–Crippen LogP) is 3.76. The lowest BCUT2D eigenvalue weighted by molar-refractivity contribution is -0.116. The molecule has 0 spiro atoms. The number of carboxylic acid groups (broad SMARTS) is 1. The maximum absolute atomic E-state index is 12.1. The molecule has 1 fully saturated rings. The van der Waals surface area contributed by atoms with Crippen LogP contribution in [0.2, 0.25) is 0 Å². The zero-order valence-corrected chi connectivity index (χ0v) is 15.7. The second kappa shape index (κ2) is 9.90. The van der Waals surface area contributed by atoms with Crippen molar-refractivity contribution in [2.45, 2.75) is 25.7 Å². The number of carbonyl (C=O) groups excluding carboxylic acids is 1. The fraction of sp³-hybridized carbons (Fsp3) is 0.364. The van der Waals surface area contributed by atoms with Gasteiger partial charge >= 0.3 is 5.97 Å². The lowest BCUT2D eigenvalue weighted by Gasteiger charge is -2.22. The Morgan fingerprint density at radius 3 is 2.36 bits per heavy atom. The van der Waals surface area contributed by atoms with Crippen LogP contribution in [0.15, 0.2) is 48.5 Å². The summed E-state index contributed by atoms with van der Waals surface area (Å²) in [5.41, 5.74) is 1.90. The van der Waals surface area contributed by atoms with Crippen molar-refractivity contribution < 1.29 is 24.2 Å². The molecule has 1 heterocycles. The van der Waals surface area contributed by atoms with Gasteiger partial charge in [-0.25, -0.2) is 4.79 Å². The highest BCUT2D eigenvalue weighted by atomic mass is 16.5. The third-order valence-electron chi connectivity index (χ3n) is 4.81. The first-order chi connectivity index (χ1) is 13.6. The number of carboxylic acids is 1. The van der Waals surface area contributed by atoms with Crippen LogP contribution in [0.3, 0.4) is 0 Å². The average molecular weight is 383 g/mol. The minimum Gasteiger partial charge on any atom is -0.493 e. The minimum absolute atomic E-state index is 0.0850. The van der Waals surface area contributed by atoms with Crippen molar-refractivity contribution in [3.63, 3.8) is 0 Å². The number of amides is 1. The van der Waals surface area contributed by atoms with E-state index in [0.29, 0.717) is 25.4 Å². The molecule has 1 amide bonds. The third kappa shape index (κ3) is 6.09. The van der Waals surface area contributed by atoms with Crippen LogP contribution in [0.1, 0.15) is 35.2 Å². The van der Waals surface area contributed by atoms with Crippen LogP contribution in [0.5, 0.6) is 5.75 Å². The van der Waals surface area contributed by atoms with Crippen molar-refractivity contribution in [3.05, 3.63) is 59.7 Å². The molecule has 28 heavy (non-hydrogen) atoms. The predicted molar refractivity (Wildman–Crippen MR) is 106 cm³/mol. The van der Waals surface area contributed by atoms with Crippen molar-refractivity contribution >= 4 is 17.6 Å². The number of benzene rings is 2. The SMILES string of the molecule is O=C(CCc1ccc(C(=O)O)cc1)Nc1ccc(OCC2CCOCC2)cc1. The standard InChI is InChI=1S/C22H25NO5/c24-21(10-3-16-1-4-18(5-2-16)22(25)26)23-19-6-8-20(9-7-19)28-15-17-11-13-27-14-12-17/h1-2,4-9,17H,3,10-15H2,(H,23,24)(H,25,26). The third-order valence-corrected chi connectivity index (χ3v) is 4.81. The topological polar surface area (TPSA) is 84.9 Å². The average Bonchev–Trinajstić information content (AvgIpc) is 2.73. The molecular weight excluding hydrogens is 358 g/mol. The lowest BCUT2D eigenvalue weighted by Crippen LogP contribution is -2.21. The first kappa shape index (κ1) is 19.9. The van der Waals surface area contributed by atoms with Gasteiger partial charge in [-0.1, -0.05) is 12.1 Å².